The van der Waals surface area contributed by atoms with Crippen LogP contribution >= 0.6 is 0 Å². The van der Waals surface area contributed by atoms with Crippen LogP contribution in [0.25, 0.3) is 0 Å². The monoisotopic (exact) mass is 494 g/mol. The van der Waals surface area contributed by atoms with Gasteiger partial charge in [0.1, 0.15) is 11.5 Å². The fourth-order valence-corrected chi connectivity index (χ4v) is 5.01. The molecule has 6 nitrogen and oxygen atoms in total. The highest BCUT2D eigenvalue weighted by Crippen LogP contribution is 2.41. The van der Waals surface area contributed by atoms with Gasteiger partial charge in [0.15, 0.2) is 9.04 Å². The van der Waals surface area contributed by atoms with E-state index in [1.807, 2.05) is 33.9 Å². The molecule has 0 bridgehead atoms. The van der Waals surface area contributed by atoms with Crippen LogP contribution in [-0.4, -0.2) is 44.1 Å². The molecule has 2 atom stereocenters. The summed E-state index contributed by atoms with van der Waals surface area (Å²) in [6.45, 7) is 18.9. The second kappa shape index (κ2) is 12.3. The van der Waals surface area contributed by atoms with Gasteiger partial charge in [-0.3, -0.25) is 4.79 Å². The van der Waals surface area contributed by atoms with Crippen molar-refractivity contribution in [3.63, 3.8) is 0 Å². The summed E-state index contributed by atoms with van der Waals surface area (Å²) in [6.07, 6.45) is 3.49. The van der Waals surface area contributed by atoms with E-state index >= 15 is 0 Å². The number of rotatable bonds is 12. The zero-order chi connectivity index (χ0) is 26.3. The van der Waals surface area contributed by atoms with E-state index in [1.165, 1.54) is 16.7 Å². The van der Waals surface area contributed by atoms with Gasteiger partial charge >= 0.3 is 11.9 Å². The fraction of sp³-hybridized carbons (Fsp3) is 0.704. The quantitative estimate of drug-likeness (QED) is 0.171. The van der Waals surface area contributed by atoms with Crippen LogP contribution in [0.2, 0.25) is 13.1 Å². The van der Waals surface area contributed by atoms with Gasteiger partial charge < -0.3 is 19.0 Å². The summed E-state index contributed by atoms with van der Waals surface area (Å²) in [5, 5.41) is 10.3. The molecule has 0 fully saturated rings. The Kier molecular flexibility index (Phi) is 11.0. The maximum atomic E-state index is 13.3. The lowest BCUT2D eigenvalue weighted by atomic mass is 9.75. The maximum Gasteiger partial charge on any atom is 0.364 e. The first-order valence-corrected chi connectivity index (χ1v) is 15.1. The lowest BCUT2D eigenvalue weighted by molar-refractivity contribution is -0.252. The molecule has 0 aliphatic carbocycles. The number of carboxylic acids is 1. The van der Waals surface area contributed by atoms with Gasteiger partial charge in [0.05, 0.1) is 6.61 Å². The van der Waals surface area contributed by atoms with Crippen molar-refractivity contribution in [1.29, 1.82) is 0 Å². The molecule has 0 heterocycles. The largest absolute Gasteiger partial charge is 0.477 e. The number of aliphatic carboxylic acids is 1. The third kappa shape index (κ3) is 9.15. The molecule has 194 valence electrons. The van der Waals surface area contributed by atoms with E-state index in [2.05, 4.69) is 32.0 Å². The van der Waals surface area contributed by atoms with E-state index in [1.54, 1.807) is 20.8 Å². The van der Waals surface area contributed by atoms with Crippen LogP contribution in [-0.2, 0) is 29.9 Å². The van der Waals surface area contributed by atoms with Gasteiger partial charge in [-0.2, -0.15) is 0 Å². The minimum Gasteiger partial charge on any atom is -0.477 e. The van der Waals surface area contributed by atoms with Crippen molar-refractivity contribution >= 4 is 21.0 Å². The molecule has 1 aromatic rings. The Bertz CT molecular complexity index is 821. The summed E-state index contributed by atoms with van der Waals surface area (Å²) < 4.78 is 17.7. The predicted molar refractivity (Wildman–Crippen MR) is 139 cm³/mol. The molecule has 0 unspecified atom stereocenters. The SMILES string of the molecule is Cc1ccc(CCCCCO[C@](O[SiH](C)C)(C(=O)O)[C@H](C(=O)OC(C)(C)C)C(C)(C)C)cc1C. The number of hydrogen-bond donors (Lipinski definition) is 1. The second-order valence-electron chi connectivity index (χ2n) is 11.5. The third-order valence-electron chi connectivity index (χ3n) is 5.60. The molecule has 0 aromatic heterocycles. The number of ether oxygens (including phenoxy) is 2. The van der Waals surface area contributed by atoms with Crippen LogP contribution < -0.4 is 0 Å². The molecule has 1 N–H and O–H groups in total. The summed E-state index contributed by atoms with van der Waals surface area (Å²) >= 11 is 0. The zero-order valence-electron chi connectivity index (χ0n) is 22.9. The van der Waals surface area contributed by atoms with Gasteiger partial charge in [0, 0.05) is 0 Å². The molecule has 1 rings (SSSR count). The van der Waals surface area contributed by atoms with Crippen molar-refractivity contribution in [1.82, 2.24) is 0 Å². The van der Waals surface area contributed by atoms with E-state index in [-0.39, 0.29) is 6.61 Å². The van der Waals surface area contributed by atoms with Crippen LogP contribution in [0.15, 0.2) is 18.2 Å². The fourth-order valence-electron chi connectivity index (χ4n) is 4.00. The first-order valence-electron chi connectivity index (χ1n) is 12.3. The van der Waals surface area contributed by atoms with Crippen molar-refractivity contribution in [3.8, 4) is 0 Å². The van der Waals surface area contributed by atoms with Gasteiger partial charge in [-0.15, -0.1) is 0 Å². The molecule has 0 aliphatic rings. The van der Waals surface area contributed by atoms with Crippen LogP contribution in [0, 0.1) is 25.2 Å². The van der Waals surface area contributed by atoms with Gasteiger partial charge in [0.2, 0.25) is 0 Å². The lowest BCUT2D eigenvalue weighted by Crippen LogP contribution is -2.60. The van der Waals surface area contributed by atoms with Gasteiger partial charge in [-0.05, 0) is 89.1 Å². The number of benzene rings is 1. The molecular formula is C27H46O6Si. The Morgan fingerprint density at radius 3 is 2.06 bits per heavy atom. The molecule has 34 heavy (non-hydrogen) atoms. The average Bonchev–Trinajstić information content (AvgIpc) is 2.63. The topological polar surface area (TPSA) is 82.1 Å². The van der Waals surface area contributed by atoms with E-state index in [0.29, 0.717) is 6.42 Å². The Morgan fingerprint density at radius 2 is 1.59 bits per heavy atom. The van der Waals surface area contributed by atoms with E-state index < -0.39 is 43.7 Å². The number of esters is 1. The number of carbonyl (C=O) groups is 2. The molecule has 0 saturated heterocycles. The van der Waals surface area contributed by atoms with Gasteiger partial charge in [-0.1, -0.05) is 45.4 Å². The van der Waals surface area contributed by atoms with Gasteiger partial charge in [-0.25, -0.2) is 4.79 Å². The number of carboxylic acid groups (broad SMARTS) is 1. The number of hydrogen-bond acceptors (Lipinski definition) is 5. The molecule has 7 heteroatoms. The number of aryl methyl sites for hydroxylation is 3. The Labute approximate surface area is 208 Å². The van der Waals surface area contributed by atoms with Crippen LogP contribution in [0.4, 0.5) is 0 Å². The number of carbonyl (C=O) groups excluding carboxylic acids is 1. The summed E-state index contributed by atoms with van der Waals surface area (Å²) in [5.74, 6) is -5.10. The lowest BCUT2D eigenvalue weighted by Gasteiger charge is -2.43. The van der Waals surface area contributed by atoms with Crippen molar-refractivity contribution in [2.45, 2.75) is 106 Å². The Morgan fingerprint density at radius 1 is 0.971 bits per heavy atom. The predicted octanol–water partition coefficient (Wildman–Crippen LogP) is 5.82. The summed E-state index contributed by atoms with van der Waals surface area (Å²) in [6, 6.07) is 6.52. The number of unbranched alkanes of at least 4 members (excludes halogenated alkanes) is 2. The van der Waals surface area contributed by atoms with E-state index in [9.17, 15) is 14.7 Å². The highest BCUT2D eigenvalue weighted by Gasteiger charge is 2.58. The van der Waals surface area contributed by atoms with Crippen LogP contribution in [0.5, 0.6) is 0 Å². The molecule has 0 spiro atoms. The molecular weight excluding hydrogens is 448 g/mol. The van der Waals surface area contributed by atoms with E-state index in [4.69, 9.17) is 13.9 Å². The van der Waals surface area contributed by atoms with Gasteiger partial charge in [0.25, 0.3) is 5.79 Å². The van der Waals surface area contributed by atoms with Crippen molar-refractivity contribution < 1.29 is 28.6 Å². The third-order valence-corrected chi connectivity index (χ3v) is 6.42. The first-order chi connectivity index (χ1) is 15.5. The normalized spacial score (nSPS) is 15.1. The summed E-state index contributed by atoms with van der Waals surface area (Å²) in [7, 11) is -1.90. The zero-order valence-corrected chi connectivity index (χ0v) is 24.1. The molecule has 0 saturated carbocycles. The molecule has 0 radical (unpaired) electrons. The Hall–Kier alpha value is -1.70. The van der Waals surface area contributed by atoms with Crippen molar-refractivity contribution in [3.05, 3.63) is 34.9 Å². The molecule has 0 aliphatic heterocycles. The van der Waals surface area contributed by atoms with Crippen molar-refractivity contribution in [2.75, 3.05) is 6.61 Å². The van der Waals surface area contributed by atoms with Crippen molar-refractivity contribution in [2.24, 2.45) is 11.3 Å². The van der Waals surface area contributed by atoms with E-state index in [0.717, 1.165) is 19.3 Å². The Balaban J connectivity index is 2.98. The minimum atomic E-state index is -2.07. The maximum absolute atomic E-state index is 13.3. The smallest absolute Gasteiger partial charge is 0.364 e. The second-order valence-corrected chi connectivity index (χ2v) is 13.9. The highest BCUT2D eigenvalue weighted by atomic mass is 28.3. The standard InChI is InChI=1S/C27H46O6Si/c1-19-15-16-21(18-20(19)2)14-12-11-13-17-31-27(24(29)30,33-34(9)10)22(25(3,4)5)23(28)32-26(6,7)8/h15-16,18,22,34H,11-14,17H2,1-10H3,(H,29,30)/t22-,27-/m1/s1. The molecule has 1 aromatic carbocycles. The molecule has 0 amide bonds. The first kappa shape index (κ1) is 30.3. The van der Waals surface area contributed by atoms with Crippen LogP contribution in [0.3, 0.4) is 0 Å². The highest BCUT2D eigenvalue weighted by molar-refractivity contribution is 6.48. The summed E-state index contributed by atoms with van der Waals surface area (Å²) in [5.41, 5.74) is 2.37. The average molecular weight is 495 g/mol. The minimum absolute atomic E-state index is 0.190. The van der Waals surface area contributed by atoms with Crippen LogP contribution in [0.1, 0.15) is 77.5 Å². The summed E-state index contributed by atoms with van der Waals surface area (Å²) in [4.78, 5) is 25.9.